The zero-order chi connectivity index (χ0) is 12.1. The molecule has 0 unspecified atom stereocenters. The summed E-state index contributed by atoms with van der Waals surface area (Å²) in [4.78, 5) is 16.0. The summed E-state index contributed by atoms with van der Waals surface area (Å²) >= 11 is 0. The molecule has 98 valence electrons. The average Bonchev–Trinajstić information content (AvgIpc) is 2.40. The molecule has 1 amide bonds. The van der Waals surface area contributed by atoms with Crippen molar-refractivity contribution in [3.05, 3.63) is 0 Å². The lowest BCUT2D eigenvalue weighted by atomic mass is 10.0. The number of carbonyl (C=O) groups excluding carboxylic acids is 1. The Balaban J connectivity index is 1.75. The molecule has 4 heteroatoms. The summed E-state index contributed by atoms with van der Waals surface area (Å²) in [5.41, 5.74) is 0. The minimum absolute atomic E-state index is 0.135. The Bertz CT molecular complexity index is 244. The number of hydrogen-bond acceptors (Lipinski definition) is 3. The fraction of sp³-hybridized carbons (Fsp3) is 0.923. The van der Waals surface area contributed by atoms with Gasteiger partial charge in [0.05, 0.1) is 6.61 Å². The number of ether oxygens (including phenoxy) is 1. The Morgan fingerprint density at radius 2 is 1.76 bits per heavy atom. The van der Waals surface area contributed by atoms with E-state index in [2.05, 4.69) is 4.90 Å². The number of nitrogens with zero attached hydrogens (tertiary/aromatic N) is 2. The minimum Gasteiger partial charge on any atom is -0.450 e. The van der Waals surface area contributed by atoms with Crippen molar-refractivity contribution < 1.29 is 9.53 Å². The van der Waals surface area contributed by atoms with Crippen molar-refractivity contribution in [1.82, 2.24) is 9.80 Å². The van der Waals surface area contributed by atoms with Crippen LogP contribution in [0.1, 0.15) is 39.0 Å². The van der Waals surface area contributed by atoms with E-state index in [1.165, 1.54) is 32.4 Å². The van der Waals surface area contributed by atoms with Gasteiger partial charge in [0.2, 0.25) is 0 Å². The molecule has 0 aromatic carbocycles. The highest BCUT2D eigenvalue weighted by molar-refractivity contribution is 5.67. The summed E-state index contributed by atoms with van der Waals surface area (Å²) in [5, 5.41) is 0. The molecule has 0 spiro atoms. The molecule has 0 N–H and O–H groups in total. The smallest absolute Gasteiger partial charge is 0.409 e. The molecule has 0 bridgehead atoms. The van der Waals surface area contributed by atoms with Crippen LogP contribution in [-0.2, 0) is 4.74 Å². The lowest BCUT2D eigenvalue weighted by molar-refractivity contribution is 0.0686. The van der Waals surface area contributed by atoms with Gasteiger partial charge in [0.1, 0.15) is 0 Å². The summed E-state index contributed by atoms with van der Waals surface area (Å²) in [7, 11) is 0. The second-order valence-electron chi connectivity index (χ2n) is 5.01. The number of hydrogen-bond donors (Lipinski definition) is 0. The van der Waals surface area contributed by atoms with Crippen molar-refractivity contribution in [3.8, 4) is 0 Å². The van der Waals surface area contributed by atoms with Gasteiger partial charge in [-0.3, -0.25) is 0 Å². The van der Waals surface area contributed by atoms with Crippen LogP contribution in [0.5, 0.6) is 0 Å². The molecular weight excluding hydrogens is 216 g/mol. The van der Waals surface area contributed by atoms with E-state index in [1.807, 2.05) is 11.8 Å². The van der Waals surface area contributed by atoms with Gasteiger partial charge in [-0.1, -0.05) is 6.42 Å². The molecule has 4 nitrogen and oxygen atoms in total. The monoisotopic (exact) mass is 240 g/mol. The summed E-state index contributed by atoms with van der Waals surface area (Å²) in [6.45, 7) is 6.57. The van der Waals surface area contributed by atoms with Gasteiger partial charge in [0.15, 0.2) is 0 Å². The van der Waals surface area contributed by atoms with Crippen LogP contribution in [0.25, 0.3) is 0 Å². The second-order valence-corrected chi connectivity index (χ2v) is 5.01. The maximum Gasteiger partial charge on any atom is 0.409 e. The first-order valence-electron chi connectivity index (χ1n) is 6.97. The largest absolute Gasteiger partial charge is 0.450 e. The molecule has 0 aromatic rings. The van der Waals surface area contributed by atoms with Gasteiger partial charge in [0, 0.05) is 19.1 Å². The molecule has 2 saturated heterocycles. The molecule has 0 atom stereocenters. The Morgan fingerprint density at radius 1 is 1.12 bits per heavy atom. The number of amides is 1. The molecule has 0 aromatic heterocycles. The van der Waals surface area contributed by atoms with Gasteiger partial charge in [-0.05, 0) is 45.7 Å². The molecule has 2 heterocycles. The highest BCUT2D eigenvalue weighted by atomic mass is 16.6. The van der Waals surface area contributed by atoms with E-state index < -0.39 is 0 Å². The SMILES string of the molecule is CCOC(=O)N1CCC(N2CCCCC2)CC1. The highest BCUT2D eigenvalue weighted by Crippen LogP contribution is 2.21. The van der Waals surface area contributed by atoms with E-state index in [9.17, 15) is 4.79 Å². The predicted octanol–water partition coefficient (Wildman–Crippen LogP) is 2.09. The molecule has 0 radical (unpaired) electrons. The van der Waals surface area contributed by atoms with E-state index in [1.54, 1.807) is 0 Å². The number of piperidine rings is 2. The number of carbonyl (C=O) groups is 1. The first-order valence-corrected chi connectivity index (χ1v) is 6.97. The number of likely N-dealkylation sites (tertiary alicyclic amines) is 2. The van der Waals surface area contributed by atoms with Crippen LogP contribution in [-0.4, -0.2) is 54.7 Å². The second kappa shape index (κ2) is 6.24. The Kier molecular flexibility index (Phi) is 4.66. The van der Waals surface area contributed by atoms with Crippen molar-refractivity contribution >= 4 is 6.09 Å². The lowest BCUT2D eigenvalue weighted by Gasteiger charge is -2.39. The van der Waals surface area contributed by atoms with Crippen molar-refractivity contribution in [2.45, 2.75) is 45.1 Å². The molecule has 2 aliphatic rings. The van der Waals surface area contributed by atoms with E-state index in [0.717, 1.165) is 25.9 Å². The van der Waals surface area contributed by atoms with Crippen LogP contribution in [0.2, 0.25) is 0 Å². The van der Waals surface area contributed by atoms with Crippen molar-refractivity contribution in [3.63, 3.8) is 0 Å². The number of rotatable bonds is 2. The van der Waals surface area contributed by atoms with Gasteiger partial charge in [-0.2, -0.15) is 0 Å². The minimum atomic E-state index is -0.135. The molecule has 2 fully saturated rings. The van der Waals surface area contributed by atoms with E-state index in [-0.39, 0.29) is 6.09 Å². The predicted molar refractivity (Wildman–Crippen MR) is 67.0 cm³/mol. The van der Waals surface area contributed by atoms with E-state index in [0.29, 0.717) is 12.6 Å². The third kappa shape index (κ3) is 3.35. The topological polar surface area (TPSA) is 32.8 Å². The van der Waals surface area contributed by atoms with Gasteiger partial charge in [0.25, 0.3) is 0 Å². The van der Waals surface area contributed by atoms with Crippen LogP contribution in [0.3, 0.4) is 0 Å². The summed E-state index contributed by atoms with van der Waals surface area (Å²) < 4.78 is 5.04. The van der Waals surface area contributed by atoms with Crippen molar-refractivity contribution in [2.24, 2.45) is 0 Å². The van der Waals surface area contributed by atoms with E-state index >= 15 is 0 Å². The zero-order valence-electron chi connectivity index (χ0n) is 10.9. The maximum absolute atomic E-state index is 11.6. The van der Waals surface area contributed by atoms with Crippen LogP contribution in [0.4, 0.5) is 4.79 Å². The van der Waals surface area contributed by atoms with Crippen LogP contribution in [0, 0.1) is 0 Å². The standard InChI is InChI=1S/C13H24N2O2/c1-2-17-13(16)15-10-6-12(7-11-15)14-8-4-3-5-9-14/h12H,2-11H2,1H3. The molecule has 2 rings (SSSR count). The van der Waals surface area contributed by atoms with Gasteiger partial charge in [-0.25, -0.2) is 4.79 Å². The molecule has 2 aliphatic heterocycles. The van der Waals surface area contributed by atoms with Gasteiger partial charge >= 0.3 is 6.09 Å². The van der Waals surface area contributed by atoms with Gasteiger partial charge in [-0.15, -0.1) is 0 Å². The first kappa shape index (κ1) is 12.7. The third-order valence-electron chi connectivity index (χ3n) is 3.90. The van der Waals surface area contributed by atoms with Crippen LogP contribution >= 0.6 is 0 Å². The molecular formula is C13H24N2O2. The zero-order valence-corrected chi connectivity index (χ0v) is 10.9. The fourth-order valence-corrected chi connectivity index (χ4v) is 2.91. The summed E-state index contributed by atoms with van der Waals surface area (Å²) in [6.07, 6.45) is 6.16. The quantitative estimate of drug-likeness (QED) is 0.741. The molecule has 0 saturated carbocycles. The van der Waals surface area contributed by atoms with Gasteiger partial charge < -0.3 is 14.5 Å². The molecule has 0 aliphatic carbocycles. The van der Waals surface area contributed by atoms with Crippen molar-refractivity contribution in [2.75, 3.05) is 32.8 Å². The third-order valence-corrected chi connectivity index (χ3v) is 3.90. The fourth-order valence-electron chi connectivity index (χ4n) is 2.91. The normalized spacial score (nSPS) is 23.7. The Labute approximate surface area is 104 Å². The lowest BCUT2D eigenvalue weighted by Crippen LogP contribution is -2.48. The highest BCUT2D eigenvalue weighted by Gasteiger charge is 2.27. The first-order chi connectivity index (χ1) is 8.31. The van der Waals surface area contributed by atoms with Crippen molar-refractivity contribution in [1.29, 1.82) is 0 Å². The molecule has 17 heavy (non-hydrogen) atoms. The van der Waals surface area contributed by atoms with Crippen LogP contribution < -0.4 is 0 Å². The summed E-state index contributed by atoms with van der Waals surface area (Å²) in [6, 6.07) is 0.695. The Hall–Kier alpha value is -0.770. The Morgan fingerprint density at radius 3 is 2.35 bits per heavy atom. The average molecular weight is 240 g/mol. The maximum atomic E-state index is 11.6. The van der Waals surface area contributed by atoms with Crippen LogP contribution in [0.15, 0.2) is 0 Å². The van der Waals surface area contributed by atoms with E-state index in [4.69, 9.17) is 4.74 Å². The summed E-state index contributed by atoms with van der Waals surface area (Å²) in [5.74, 6) is 0.